The van der Waals surface area contributed by atoms with Gasteiger partial charge in [0.15, 0.2) is 0 Å². The van der Waals surface area contributed by atoms with Crippen LogP contribution in [0.2, 0.25) is 0 Å². The van der Waals surface area contributed by atoms with E-state index in [2.05, 4.69) is 22.7 Å². The highest BCUT2D eigenvalue weighted by Gasteiger charge is 2.18. The molecule has 1 aliphatic rings. The molecule has 1 unspecified atom stereocenters. The molecule has 1 amide bonds. The fourth-order valence-corrected chi connectivity index (χ4v) is 2.27. The van der Waals surface area contributed by atoms with E-state index in [0.29, 0.717) is 18.7 Å². The predicted octanol–water partition coefficient (Wildman–Crippen LogP) is 0.341. The largest absolute Gasteiger partial charge is 0.374 e. The first kappa shape index (κ1) is 14.8. The molecule has 110 valence electrons. The Morgan fingerprint density at radius 1 is 1.55 bits per heavy atom. The topological polar surface area (TPSA) is 79.6 Å². The third kappa shape index (κ3) is 3.69. The summed E-state index contributed by atoms with van der Waals surface area (Å²) in [4.78, 5) is 14.3. The molecule has 1 heterocycles. The number of amides is 1. The van der Waals surface area contributed by atoms with Crippen LogP contribution in [0.4, 0.5) is 5.69 Å². The van der Waals surface area contributed by atoms with Crippen LogP contribution < -0.4 is 16.6 Å². The van der Waals surface area contributed by atoms with Gasteiger partial charge < -0.3 is 20.4 Å². The Bertz CT molecular complexity index is 478. The monoisotopic (exact) mass is 278 g/mol. The van der Waals surface area contributed by atoms with Gasteiger partial charge in [-0.15, -0.1) is 0 Å². The third-order valence-corrected chi connectivity index (χ3v) is 3.48. The van der Waals surface area contributed by atoms with Gasteiger partial charge in [0.1, 0.15) is 0 Å². The van der Waals surface area contributed by atoms with Crippen molar-refractivity contribution < 1.29 is 9.53 Å². The Kier molecular flexibility index (Phi) is 4.94. The maximum atomic E-state index is 12.1. The van der Waals surface area contributed by atoms with Gasteiger partial charge in [-0.3, -0.25) is 10.6 Å². The van der Waals surface area contributed by atoms with Gasteiger partial charge >= 0.3 is 0 Å². The van der Waals surface area contributed by atoms with E-state index >= 15 is 0 Å². The highest BCUT2D eigenvalue weighted by molar-refractivity contribution is 5.94. The molecule has 0 aromatic heterocycles. The van der Waals surface area contributed by atoms with Crippen molar-refractivity contribution in [2.24, 2.45) is 5.84 Å². The van der Waals surface area contributed by atoms with Crippen molar-refractivity contribution in [2.45, 2.75) is 13.0 Å². The number of nitrogens with one attached hydrogen (secondary N) is 2. The van der Waals surface area contributed by atoms with E-state index in [0.717, 1.165) is 24.3 Å². The number of morpholine rings is 1. The quantitative estimate of drug-likeness (QED) is 0.547. The van der Waals surface area contributed by atoms with Crippen molar-refractivity contribution in [3.8, 4) is 0 Å². The first-order valence-electron chi connectivity index (χ1n) is 6.75. The molecular formula is C14H22N4O2. The molecule has 0 spiro atoms. The maximum Gasteiger partial charge on any atom is 0.251 e. The van der Waals surface area contributed by atoms with Crippen LogP contribution in [0.1, 0.15) is 15.9 Å². The fourth-order valence-electron chi connectivity index (χ4n) is 2.27. The summed E-state index contributed by atoms with van der Waals surface area (Å²) in [5.74, 6) is 5.28. The van der Waals surface area contributed by atoms with Gasteiger partial charge in [0.25, 0.3) is 5.91 Å². The lowest BCUT2D eigenvalue weighted by Gasteiger charge is -2.30. The van der Waals surface area contributed by atoms with Gasteiger partial charge in [0, 0.05) is 25.2 Å². The summed E-state index contributed by atoms with van der Waals surface area (Å²) in [6.07, 6.45) is 0.0591. The van der Waals surface area contributed by atoms with Crippen LogP contribution in [0, 0.1) is 6.92 Å². The maximum absolute atomic E-state index is 12.1. The number of nitrogens with zero attached hydrogens (tertiary/aromatic N) is 1. The minimum absolute atomic E-state index is 0.0591. The first-order chi connectivity index (χ1) is 9.60. The summed E-state index contributed by atoms with van der Waals surface area (Å²) in [7, 11) is 2.05. The highest BCUT2D eigenvalue weighted by atomic mass is 16.5. The summed E-state index contributed by atoms with van der Waals surface area (Å²) >= 11 is 0. The number of likely N-dealkylation sites (N-methyl/N-ethyl adjacent to an activating group) is 1. The van der Waals surface area contributed by atoms with Crippen LogP contribution in [0.3, 0.4) is 0 Å². The highest BCUT2D eigenvalue weighted by Crippen LogP contribution is 2.15. The average Bonchev–Trinajstić information content (AvgIpc) is 2.44. The smallest absolute Gasteiger partial charge is 0.251 e. The lowest BCUT2D eigenvalue weighted by atomic mass is 10.1. The number of nitrogens with two attached hydrogens (primary N) is 1. The van der Waals surface area contributed by atoms with Crippen molar-refractivity contribution in [1.82, 2.24) is 10.2 Å². The van der Waals surface area contributed by atoms with Crippen LogP contribution >= 0.6 is 0 Å². The van der Waals surface area contributed by atoms with Crippen LogP contribution in [0.25, 0.3) is 0 Å². The number of anilines is 1. The van der Waals surface area contributed by atoms with E-state index in [4.69, 9.17) is 10.6 Å². The minimum Gasteiger partial charge on any atom is -0.374 e. The molecule has 0 aliphatic carbocycles. The number of ether oxygens (including phenoxy) is 1. The lowest BCUT2D eigenvalue weighted by molar-refractivity contribution is -0.0175. The van der Waals surface area contributed by atoms with Crippen molar-refractivity contribution in [3.05, 3.63) is 29.3 Å². The van der Waals surface area contributed by atoms with Crippen molar-refractivity contribution >= 4 is 11.6 Å². The van der Waals surface area contributed by atoms with Gasteiger partial charge in [-0.25, -0.2) is 0 Å². The minimum atomic E-state index is -0.0894. The summed E-state index contributed by atoms with van der Waals surface area (Å²) in [5.41, 5.74) is 4.98. The number of rotatable bonds is 4. The molecule has 1 aromatic rings. The van der Waals surface area contributed by atoms with Crippen molar-refractivity contribution in [2.75, 3.05) is 38.7 Å². The van der Waals surface area contributed by atoms with Gasteiger partial charge in [-0.05, 0) is 37.7 Å². The Morgan fingerprint density at radius 3 is 3.00 bits per heavy atom. The Morgan fingerprint density at radius 2 is 2.35 bits per heavy atom. The molecule has 1 fully saturated rings. The molecule has 20 heavy (non-hydrogen) atoms. The number of hydrogen-bond donors (Lipinski definition) is 3. The zero-order chi connectivity index (χ0) is 14.5. The van der Waals surface area contributed by atoms with Gasteiger partial charge in [-0.1, -0.05) is 0 Å². The molecule has 1 atom stereocenters. The van der Waals surface area contributed by atoms with Crippen LogP contribution in [0.5, 0.6) is 0 Å². The molecule has 6 nitrogen and oxygen atoms in total. The Labute approximate surface area is 119 Å². The number of carbonyl (C=O) groups excluding carboxylic acids is 1. The molecule has 6 heteroatoms. The van der Waals surface area contributed by atoms with Crippen molar-refractivity contribution in [3.63, 3.8) is 0 Å². The van der Waals surface area contributed by atoms with E-state index in [-0.39, 0.29) is 12.0 Å². The summed E-state index contributed by atoms with van der Waals surface area (Å²) in [6.45, 7) is 4.93. The first-order valence-corrected chi connectivity index (χ1v) is 6.75. The molecule has 1 aliphatic heterocycles. The van der Waals surface area contributed by atoms with Gasteiger partial charge in [0.2, 0.25) is 0 Å². The third-order valence-electron chi connectivity index (χ3n) is 3.48. The average molecular weight is 278 g/mol. The fraction of sp³-hybridized carbons (Fsp3) is 0.500. The Hall–Kier alpha value is -1.63. The summed E-state index contributed by atoms with van der Waals surface area (Å²) < 4.78 is 5.61. The number of carbonyl (C=O) groups is 1. The summed E-state index contributed by atoms with van der Waals surface area (Å²) in [6, 6.07) is 5.37. The number of hydrazine groups is 1. The number of hydrogen-bond acceptors (Lipinski definition) is 5. The zero-order valence-electron chi connectivity index (χ0n) is 12.0. The predicted molar refractivity (Wildman–Crippen MR) is 78.6 cm³/mol. The van der Waals surface area contributed by atoms with E-state index in [1.807, 2.05) is 13.0 Å². The van der Waals surface area contributed by atoms with Gasteiger partial charge in [-0.2, -0.15) is 0 Å². The molecule has 2 rings (SSSR count). The molecular weight excluding hydrogens is 256 g/mol. The van der Waals surface area contributed by atoms with E-state index < -0.39 is 0 Å². The normalized spacial score (nSPS) is 19.6. The molecule has 0 saturated carbocycles. The molecule has 4 N–H and O–H groups in total. The molecule has 1 saturated heterocycles. The summed E-state index contributed by atoms with van der Waals surface area (Å²) in [5, 5.41) is 2.91. The molecule has 1 aromatic carbocycles. The SMILES string of the molecule is Cc1cc(C(=O)NCC2CN(C)CCO2)ccc1NN. The standard InChI is InChI=1S/C14H22N4O2/c1-10-7-11(3-4-13(10)17-15)14(19)16-8-12-9-18(2)5-6-20-12/h3-4,7,12,17H,5-6,8-9,15H2,1-2H3,(H,16,19). The number of benzene rings is 1. The van der Waals surface area contributed by atoms with E-state index in [1.165, 1.54) is 0 Å². The second-order valence-corrected chi connectivity index (χ2v) is 5.14. The second-order valence-electron chi connectivity index (χ2n) is 5.14. The van der Waals surface area contributed by atoms with Crippen LogP contribution in [-0.2, 0) is 4.74 Å². The molecule has 0 bridgehead atoms. The molecule has 0 radical (unpaired) electrons. The van der Waals surface area contributed by atoms with Crippen LogP contribution in [-0.4, -0.2) is 50.2 Å². The number of aryl methyl sites for hydroxylation is 1. The zero-order valence-corrected chi connectivity index (χ0v) is 12.0. The van der Waals surface area contributed by atoms with E-state index in [9.17, 15) is 4.79 Å². The second kappa shape index (κ2) is 6.69. The number of nitrogen functional groups attached to an aromatic ring is 1. The lowest BCUT2D eigenvalue weighted by Crippen LogP contribution is -2.45. The Balaban J connectivity index is 1.90. The van der Waals surface area contributed by atoms with Crippen LogP contribution in [0.15, 0.2) is 18.2 Å². The van der Waals surface area contributed by atoms with Gasteiger partial charge in [0.05, 0.1) is 18.4 Å². The van der Waals surface area contributed by atoms with E-state index in [1.54, 1.807) is 12.1 Å². The van der Waals surface area contributed by atoms with Crippen molar-refractivity contribution in [1.29, 1.82) is 0 Å².